The van der Waals surface area contributed by atoms with Crippen molar-refractivity contribution < 1.29 is 19.4 Å². The van der Waals surface area contributed by atoms with Crippen LogP contribution in [0.1, 0.15) is 29.8 Å². The van der Waals surface area contributed by atoms with Gasteiger partial charge in [-0.05, 0) is 38.5 Å². The molecule has 1 saturated heterocycles. The van der Waals surface area contributed by atoms with E-state index >= 15 is 0 Å². The molecule has 21 heavy (non-hydrogen) atoms. The molecule has 114 valence electrons. The monoisotopic (exact) mass is 292 g/mol. The largest absolute Gasteiger partial charge is 0.478 e. The molecule has 0 saturated carbocycles. The van der Waals surface area contributed by atoms with E-state index in [1.54, 1.807) is 24.0 Å². The van der Waals surface area contributed by atoms with Gasteiger partial charge in [-0.1, -0.05) is 6.07 Å². The molecule has 1 aromatic rings. The highest BCUT2D eigenvalue weighted by molar-refractivity contribution is 5.94. The normalized spacial score (nSPS) is 22.0. The van der Waals surface area contributed by atoms with E-state index in [1.165, 1.54) is 6.07 Å². The molecule has 2 atom stereocenters. The highest BCUT2D eigenvalue weighted by Crippen LogP contribution is 2.17. The summed E-state index contributed by atoms with van der Waals surface area (Å²) in [6, 6.07) is 4.62. The minimum Gasteiger partial charge on any atom is -0.478 e. The zero-order chi connectivity index (χ0) is 15.6. The summed E-state index contributed by atoms with van der Waals surface area (Å²) in [5.41, 5.74) is 1.33. The number of anilines is 1. The van der Waals surface area contributed by atoms with Crippen molar-refractivity contribution in [2.45, 2.75) is 33.0 Å². The Labute approximate surface area is 123 Å². The maximum Gasteiger partial charge on any atom is 0.336 e. The van der Waals surface area contributed by atoms with Crippen LogP contribution in [0.15, 0.2) is 18.2 Å². The number of hydrogen-bond donors (Lipinski definition) is 2. The van der Waals surface area contributed by atoms with E-state index in [9.17, 15) is 9.59 Å². The number of hydrogen-bond acceptors (Lipinski definition) is 3. The zero-order valence-electron chi connectivity index (χ0n) is 12.4. The third kappa shape index (κ3) is 3.72. The summed E-state index contributed by atoms with van der Waals surface area (Å²) in [6.45, 7) is 6.61. The molecule has 0 aromatic heterocycles. The summed E-state index contributed by atoms with van der Waals surface area (Å²) in [5, 5.41) is 11.8. The van der Waals surface area contributed by atoms with Crippen LogP contribution in [0.3, 0.4) is 0 Å². The van der Waals surface area contributed by atoms with Crippen molar-refractivity contribution in [1.82, 2.24) is 4.90 Å². The van der Waals surface area contributed by atoms with E-state index in [1.807, 2.05) is 13.8 Å². The zero-order valence-corrected chi connectivity index (χ0v) is 12.4. The summed E-state index contributed by atoms with van der Waals surface area (Å²) in [4.78, 5) is 25.0. The lowest BCUT2D eigenvalue weighted by Gasteiger charge is -2.35. The topological polar surface area (TPSA) is 78.9 Å². The Kier molecular flexibility index (Phi) is 4.47. The van der Waals surface area contributed by atoms with Crippen LogP contribution < -0.4 is 5.32 Å². The van der Waals surface area contributed by atoms with Gasteiger partial charge in [0.15, 0.2) is 0 Å². The quantitative estimate of drug-likeness (QED) is 0.877. The molecular formula is C15H20N2O4. The smallest absolute Gasteiger partial charge is 0.336 e. The lowest BCUT2D eigenvalue weighted by atomic mass is 10.1. The Balaban J connectivity index is 2.09. The Bertz CT molecular complexity index is 549. The van der Waals surface area contributed by atoms with Crippen molar-refractivity contribution in [2.24, 2.45) is 0 Å². The Morgan fingerprint density at radius 1 is 1.29 bits per heavy atom. The van der Waals surface area contributed by atoms with E-state index < -0.39 is 5.97 Å². The Morgan fingerprint density at radius 3 is 2.48 bits per heavy atom. The molecule has 1 aliphatic rings. The van der Waals surface area contributed by atoms with E-state index in [4.69, 9.17) is 9.84 Å². The minimum atomic E-state index is -1.00. The minimum absolute atomic E-state index is 0.00732. The summed E-state index contributed by atoms with van der Waals surface area (Å²) < 4.78 is 5.58. The van der Waals surface area contributed by atoms with Crippen LogP contribution in [-0.4, -0.2) is 47.3 Å². The van der Waals surface area contributed by atoms with Gasteiger partial charge in [-0.3, -0.25) is 0 Å². The van der Waals surface area contributed by atoms with E-state index in [0.29, 0.717) is 24.3 Å². The molecule has 1 heterocycles. The van der Waals surface area contributed by atoms with Crippen molar-refractivity contribution in [3.05, 3.63) is 29.3 Å². The fourth-order valence-electron chi connectivity index (χ4n) is 2.48. The van der Waals surface area contributed by atoms with Crippen LogP contribution in [0.25, 0.3) is 0 Å². The molecule has 6 heteroatoms. The van der Waals surface area contributed by atoms with Crippen LogP contribution in [0.4, 0.5) is 10.5 Å². The number of carbonyl (C=O) groups is 2. The molecular weight excluding hydrogens is 272 g/mol. The number of aryl methyl sites for hydroxylation is 1. The number of nitrogens with zero attached hydrogens (tertiary/aromatic N) is 1. The second-order valence-electron chi connectivity index (χ2n) is 5.43. The SMILES string of the molecule is Cc1ccc(NC(=O)N2CC(C)OC(C)C2)cc1C(=O)O. The number of carboxylic acids is 1. The van der Waals surface area contributed by atoms with Crippen molar-refractivity contribution >= 4 is 17.7 Å². The highest BCUT2D eigenvalue weighted by Gasteiger charge is 2.26. The maximum absolute atomic E-state index is 12.2. The first-order valence-electron chi connectivity index (χ1n) is 6.92. The number of amides is 2. The number of nitrogens with one attached hydrogen (secondary N) is 1. The second kappa shape index (κ2) is 6.13. The molecule has 2 unspecified atom stereocenters. The van der Waals surface area contributed by atoms with Gasteiger partial charge in [0, 0.05) is 18.8 Å². The Hall–Kier alpha value is -2.08. The van der Waals surface area contributed by atoms with Gasteiger partial charge < -0.3 is 20.1 Å². The number of benzene rings is 1. The lowest BCUT2D eigenvalue weighted by Crippen LogP contribution is -2.49. The van der Waals surface area contributed by atoms with Gasteiger partial charge in [0.1, 0.15) is 0 Å². The van der Waals surface area contributed by atoms with Crippen LogP contribution in [0, 0.1) is 6.92 Å². The van der Waals surface area contributed by atoms with Gasteiger partial charge in [0.2, 0.25) is 0 Å². The average Bonchev–Trinajstić information content (AvgIpc) is 2.39. The highest BCUT2D eigenvalue weighted by atomic mass is 16.5. The van der Waals surface area contributed by atoms with Crippen molar-refractivity contribution in [1.29, 1.82) is 0 Å². The molecule has 1 aromatic carbocycles. The van der Waals surface area contributed by atoms with Gasteiger partial charge >= 0.3 is 12.0 Å². The molecule has 1 aliphatic heterocycles. The number of ether oxygens (including phenoxy) is 1. The maximum atomic E-state index is 12.2. The van der Waals surface area contributed by atoms with E-state index in [0.717, 1.165) is 0 Å². The molecule has 0 radical (unpaired) electrons. The summed E-state index contributed by atoms with van der Waals surface area (Å²) in [6.07, 6.45) is -0.0146. The van der Waals surface area contributed by atoms with E-state index in [2.05, 4.69) is 5.32 Å². The molecule has 0 aliphatic carbocycles. The molecule has 0 spiro atoms. The summed E-state index contributed by atoms with van der Waals surface area (Å²) in [7, 11) is 0. The van der Waals surface area contributed by atoms with E-state index in [-0.39, 0.29) is 23.8 Å². The standard InChI is InChI=1S/C15H20N2O4/c1-9-4-5-12(6-13(9)14(18)19)16-15(20)17-7-10(2)21-11(3)8-17/h4-6,10-11H,7-8H2,1-3H3,(H,16,20)(H,18,19). The van der Waals surface area contributed by atoms with Crippen molar-refractivity contribution in [2.75, 3.05) is 18.4 Å². The van der Waals surface area contributed by atoms with Crippen LogP contribution in [0.5, 0.6) is 0 Å². The summed E-state index contributed by atoms with van der Waals surface area (Å²) >= 11 is 0. The fraction of sp³-hybridized carbons (Fsp3) is 0.467. The number of aromatic carboxylic acids is 1. The first-order valence-corrected chi connectivity index (χ1v) is 6.92. The number of morpholine rings is 1. The van der Waals surface area contributed by atoms with Crippen LogP contribution in [-0.2, 0) is 4.74 Å². The predicted octanol–water partition coefficient (Wildman–Crippen LogP) is 2.33. The molecule has 0 bridgehead atoms. The molecule has 2 N–H and O–H groups in total. The number of rotatable bonds is 2. The lowest BCUT2D eigenvalue weighted by molar-refractivity contribution is -0.0530. The van der Waals surface area contributed by atoms with Gasteiger partial charge in [0.25, 0.3) is 0 Å². The molecule has 1 fully saturated rings. The predicted molar refractivity (Wildman–Crippen MR) is 78.7 cm³/mol. The average molecular weight is 292 g/mol. The third-order valence-corrected chi connectivity index (χ3v) is 3.43. The first kappa shape index (κ1) is 15.3. The van der Waals surface area contributed by atoms with Crippen LogP contribution >= 0.6 is 0 Å². The first-order chi connectivity index (χ1) is 9.86. The molecule has 6 nitrogen and oxygen atoms in total. The second-order valence-corrected chi connectivity index (χ2v) is 5.43. The van der Waals surface area contributed by atoms with Crippen molar-refractivity contribution in [3.63, 3.8) is 0 Å². The van der Waals surface area contributed by atoms with Gasteiger partial charge in [0.05, 0.1) is 17.8 Å². The van der Waals surface area contributed by atoms with Gasteiger partial charge in [-0.2, -0.15) is 0 Å². The molecule has 2 amide bonds. The van der Waals surface area contributed by atoms with Gasteiger partial charge in [-0.25, -0.2) is 9.59 Å². The van der Waals surface area contributed by atoms with Crippen molar-refractivity contribution in [3.8, 4) is 0 Å². The number of carbonyl (C=O) groups excluding carboxylic acids is 1. The third-order valence-electron chi connectivity index (χ3n) is 3.43. The van der Waals surface area contributed by atoms with Gasteiger partial charge in [-0.15, -0.1) is 0 Å². The summed E-state index contributed by atoms with van der Waals surface area (Å²) in [5.74, 6) is -1.00. The Morgan fingerprint density at radius 2 is 1.90 bits per heavy atom. The molecule has 2 rings (SSSR count). The fourth-order valence-corrected chi connectivity index (χ4v) is 2.48. The number of carboxylic acid groups (broad SMARTS) is 1. The number of urea groups is 1. The van der Waals surface area contributed by atoms with Crippen LogP contribution in [0.2, 0.25) is 0 Å².